The molecule has 1 N–H and O–H groups in total. The maximum absolute atomic E-state index is 13.7. The molecule has 0 unspecified atom stereocenters. The summed E-state index contributed by atoms with van der Waals surface area (Å²) >= 11 is 0. The zero-order valence-corrected chi connectivity index (χ0v) is 14.3. The van der Waals surface area contributed by atoms with Crippen molar-refractivity contribution in [2.24, 2.45) is 0 Å². The lowest BCUT2D eigenvalue weighted by atomic mass is 10.2. The van der Waals surface area contributed by atoms with Gasteiger partial charge in [-0.05, 0) is 35.9 Å². The number of hydrogen-bond acceptors (Lipinski definition) is 5. The summed E-state index contributed by atoms with van der Waals surface area (Å²) in [4.78, 5) is -0.179. The summed E-state index contributed by atoms with van der Waals surface area (Å²) < 4.78 is 55.7. The molecule has 0 bridgehead atoms. The molecule has 130 valence electrons. The van der Waals surface area contributed by atoms with Gasteiger partial charge in [0, 0.05) is 6.54 Å². The van der Waals surface area contributed by atoms with E-state index in [1.807, 2.05) is 0 Å². The van der Waals surface area contributed by atoms with Gasteiger partial charge in [-0.2, -0.15) is 0 Å². The maximum atomic E-state index is 13.7. The smallest absolute Gasteiger partial charge is 0.240 e. The molecule has 0 aliphatic rings. The molecule has 0 radical (unpaired) electrons. The first kappa shape index (κ1) is 18.0. The van der Waals surface area contributed by atoms with Crippen LogP contribution in [0.15, 0.2) is 41.3 Å². The van der Waals surface area contributed by atoms with Crippen molar-refractivity contribution in [2.45, 2.75) is 11.4 Å². The Labute approximate surface area is 140 Å². The van der Waals surface area contributed by atoms with Gasteiger partial charge in [-0.15, -0.1) is 0 Å². The van der Waals surface area contributed by atoms with Gasteiger partial charge in [0.1, 0.15) is 0 Å². The Morgan fingerprint density at radius 2 is 1.54 bits per heavy atom. The molecule has 24 heavy (non-hydrogen) atoms. The summed E-state index contributed by atoms with van der Waals surface area (Å²) in [5.41, 5.74) is 0.671. The molecular weight excluding hydrogens is 337 g/mol. The molecule has 0 amide bonds. The zero-order chi connectivity index (χ0) is 17.7. The molecule has 0 aliphatic heterocycles. The number of ether oxygens (including phenoxy) is 3. The van der Waals surface area contributed by atoms with Crippen LogP contribution in [-0.4, -0.2) is 29.7 Å². The van der Waals surface area contributed by atoms with Crippen molar-refractivity contribution in [1.29, 1.82) is 0 Å². The van der Waals surface area contributed by atoms with Crippen LogP contribution in [0.5, 0.6) is 17.2 Å². The van der Waals surface area contributed by atoms with E-state index in [0.717, 1.165) is 6.07 Å². The van der Waals surface area contributed by atoms with Crippen LogP contribution in [0.2, 0.25) is 0 Å². The van der Waals surface area contributed by atoms with Crippen LogP contribution in [0, 0.1) is 5.82 Å². The average molecular weight is 355 g/mol. The Bertz CT molecular complexity index is 823. The highest BCUT2D eigenvalue weighted by Crippen LogP contribution is 2.27. The van der Waals surface area contributed by atoms with Gasteiger partial charge in [-0.1, -0.05) is 6.07 Å². The quantitative estimate of drug-likeness (QED) is 0.825. The predicted molar refractivity (Wildman–Crippen MR) is 86.5 cm³/mol. The maximum Gasteiger partial charge on any atom is 0.240 e. The SMILES string of the molecule is COc1ccc(S(=O)(=O)NCc2ccc(OC)c(OC)c2)cc1F. The van der Waals surface area contributed by atoms with E-state index >= 15 is 0 Å². The average Bonchev–Trinajstić information content (AvgIpc) is 2.59. The molecule has 2 rings (SSSR count). The van der Waals surface area contributed by atoms with Gasteiger partial charge < -0.3 is 14.2 Å². The van der Waals surface area contributed by atoms with Gasteiger partial charge >= 0.3 is 0 Å². The molecule has 2 aromatic carbocycles. The number of sulfonamides is 1. The molecule has 0 fully saturated rings. The molecule has 0 atom stereocenters. The number of benzene rings is 2. The van der Waals surface area contributed by atoms with Crippen LogP contribution in [0.1, 0.15) is 5.56 Å². The van der Waals surface area contributed by atoms with Crippen LogP contribution in [0.4, 0.5) is 4.39 Å². The fourth-order valence-electron chi connectivity index (χ4n) is 2.07. The Balaban J connectivity index is 2.17. The van der Waals surface area contributed by atoms with Gasteiger partial charge in [-0.3, -0.25) is 0 Å². The molecule has 6 nitrogen and oxygen atoms in total. The van der Waals surface area contributed by atoms with Crippen LogP contribution in [0.25, 0.3) is 0 Å². The van der Waals surface area contributed by atoms with E-state index in [1.165, 1.54) is 33.5 Å². The lowest BCUT2D eigenvalue weighted by Crippen LogP contribution is -2.23. The Kier molecular flexibility index (Phi) is 5.63. The van der Waals surface area contributed by atoms with Gasteiger partial charge in [-0.25, -0.2) is 17.5 Å². The fraction of sp³-hybridized carbons (Fsp3) is 0.250. The van der Waals surface area contributed by atoms with Crippen molar-refractivity contribution in [3.8, 4) is 17.2 Å². The van der Waals surface area contributed by atoms with Crippen molar-refractivity contribution in [2.75, 3.05) is 21.3 Å². The standard InChI is InChI=1S/C16H18FNO5S/c1-21-14-7-5-12(9-13(14)17)24(19,20)18-10-11-4-6-15(22-2)16(8-11)23-3/h4-9,18H,10H2,1-3H3. The molecule has 0 aliphatic carbocycles. The highest BCUT2D eigenvalue weighted by molar-refractivity contribution is 7.89. The summed E-state index contributed by atoms with van der Waals surface area (Å²) in [5.74, 6) is 0.270. The number of hydrogen-bond donors (Lipinski definition) is 1. The number of rotatable bonds is 7. The molecular formula is C16H18FNO5S. The number of methoxy groups -OCH3 is 3. The summed E-state index contributed by atoms with van der Waals surface area (Å²) in [5, 5.41) is 0. The minimum atomic E-state index is -3.86. The zero-order valence-electron chi connectivity index (χ0n) is 13.5. The molecule has 8 heteroatoms. The van der Waals surface area contributed by atoms with E-state index in [2.05, 4.69) is 4.72 Å². The van der Waals surface area contributed by atoms with E-state index in [4.69, 9.17) is 14.2 Å². The first-order valence-corrected chi connectivity index (χ1v) is 8.43. The van der Waals surface area contributed by atoms with Crippen LogP contribution < -0.4 is 18.9 Å². The third-order valence-corrected chi connectivity index (χ3v) is 4.75. The Morgan fingerprint density at radius 3 is 2.12 bits per heavy atom. The van der Waals surface area contributed by atoms with Crippen molar-refractivity contribution < 1.29 is 27.0 Å². The third kappa shape index (κ3) is 3.95. The summed E-state index contributed by atoms with van der Waals surface area (Å²) in [7, 11) is 0.453. The first-order valence-electron chi connectivity index (χ1n) is 6.95. The molecule has 2 aromatic rings. The molecule has 0 spiro atoms. The third-order valence-electron chi connectivity index (χ3n) is 3.35. The van der Waals surface area contributed by atoms with E-state index in [-0.39, 0.29) is 17.2 Å². The van der Waals surface area contributed by atoms with Crippen LogP contribution in [0.3, 0.4) is 0 Å². The minimum absolute atomic E-state index is 0.0196. The largest absolute Gasteiger partial charge is 0.494 e. The van der Waals surface area contributed by atoms with Gasteiger partial charge in [0.05, 0.1) is 26.2 Å². The molecule has 0 aromatic heterocycles. The molecule has 0 saturated heterocycles. The Hall–Kier alpha value is -2.32. The number of halogens is 1. The highest BCUT2D eigenvalue weighted by atomic mass is 32.2. The lowest BCUT2D eigenvalue weighted by Gasteiger charge is -2.11. The van der Waals surface area contributed by atoms with Gasteiger partial charge in [0.25, 0.3) is 0 Å². The van der Waals surface area contributed by atoms with Crippen molar-refractivity contribution in [3.63, 3.8) is 0 Å². The highest BCUT2D eigenvalue weighted by Gasteiger charge is 2.17. The van der Waals surface area contributed by atoms with Crippen molar-refractivity contribution in [1.82, 2.24) is 4.72 Å². The second kappa shape index (κ2) is 7.50. The fourth-order valence-corrected chi connectivity index (χ4v) is 3.10. The topological polar surface area (TPSA) is 73.9 Å². The minimum Gasteiger partial charge on any atom is -0.494 e. The summed E-state index contributed by atoms with van der Waals surface area (Å²) in [6.07, 6.45) is 0. The summed E-state index contributed by atoms with van der Waals surface area (Å²) in [6, 6.07) is 8.50. The van der Waals surface area contributed by atoms with Crippen molar-refractivity contribution in [3.05, 3.63) is 47.8 Å². The van der Waals surface area contributed by atoms with Crippen LogP contribution in [-0.2, 0) is 16.6 Å². The van der Waals surface area contributed by atoms with E-state index in [0.29, 0.717) is 17.1 Å². The van der Waals surface area contributed by atoms with Gasteiger partial charge in [0.15, 0.2) is 23.1 Å². The van der Waals surface area contributed by atoms with Gasteiger partial charge in [0.2, 0.25) is 10.0 Å². The lowest BCUT2D eigenvalue weighted by molar-refractivity contribution is 0.354. The second-order valence-corrected chi connectivity index (χ2v) is 6.58. The van der Waals surface area contributed by atoms with E-state index < -0.39 is 15.8 Å². The normalized spacial score (nSPS) is 11.2. The molecule has 0 heterocycles. The summed E-state index contributed by atoms with van der Waals surface area (Å²) in [6.45, 7) is 0.0241. The van der Waals surface area contributed by atoms with E-state index in [1.54, 1.807) is 18.2 Å². The monoisotopic (exact) mass is 355 g/mol. The number of nitrogens with one attached hydrogen (secondary N) is 1. The predicted octanol–water partition coefficient (Wildman–Crippen LogP) is 2.33. The second-order valence-electron chi connectivity index (χ2n) is 4.81. The van der Waals surface area contributed by atoms with E-state index in [9.17, 15) is 12.8 Å². The van der Waals surface area contributed by atoms with Crippen LogP contribution >= 0.6 is 0 Å². The first-order chi connectivity index (χ1) is 11.4. The molecule has 0 saturated carbocycles. The Morgan fingerprint density at radius 1 is 0.917 bits per heavy atom. The van der Waals surface area contributed by atoms with Crippen molar-refractivity contribution >= 4 is 10.0 Å².